The second-order valence-corrected chi connectivity index (χ2v) is 5.07. The lowest BCUT2D eigenvalue weighted by atomic mass is 9.77. The fourth-order valence-electron chi connectivity index (χ4n) is 1.64. The Hall–Kier alpha value is -1.02. The number of hydrogen-bond acceptors (Lipinski definition) is 2. The van der Waals surface area contributed by atoms with Crippen LogP contribution in [0.15, 0.2) is 24.3 Å². The molecule has 0 aliphatic heterocycles. The highest BCUT2D eigenvalue weighted by atomic mass is 35.5. The average molecular weight is 227 g/mol. The molecule has 0 heterocycles. The number of phenols is 1. The summed E-state index contributed by atoms with van der Waals surface area (Å²) in [4.78, 5) is 11.4. The van der Waals surface area contributed by atoms with E-state index < -0.39 is 0 Å². The van der Waals surface area contributed by atoms with Crippen molar-refractivity contribution in [2.24, 2.45) is 5.41 Å². The summed E-state index contributed by atoms with van der Waals surface area (Å²) in [5, 5.41) is 8.79. The lowest BCUT2D eigenvalue weighted by Gasteiger charge is -2.27. The maximum Gasteiger partial charge on any atom is 0.229 e. The first-order valence-electron chi connectivity index (χ1n) is 4.80. The molecular weight excluding hydrogens is 212 g/mol. The van der Waals surface area contributed by atoms with Gasteiger partial charge < -0.3 is 5.11 Å². The number of benzene rings is 1. The summed E-state index contributed by atoms with van der Waals surface area (Å²) in [5.41, 5.74) is 0.607. The first-order valence-corrected chi connectivity index (χ1v) is 5.18. The number of aromatic hydroxyl groups is 1. The predicted octanol–water partition coefficient (Wildman–Crippen LogP) is 3.29. The van der Waals surface area contributed by atoms with Gasteiger partial charge in [0.25, 0.3) is 0 Å². The van der Waals surface area contributed by atoms with Gasteiger partial charge in [-0.15, -0.1) is 0 Å². The van der Waals surface area contributed by atoms with Crippen LogP contribution in [0.1, 0.15) is 32.3 Å². The lowest BCUT2D eigenvalue weighted by molar-refractivity contribution is -0.115. The first kappa shape index (κ1) is 12.1. The Bertz CT molecular complexity index is 349. The summed E-state index contributed by atoms with van der Waals surface area (Å²) in [5.74, 6) is -0.159. The van der Waals surface area contributed by atoms with Crippen molar-refractivity contribution < 1.29 is 9.90 Å². The van der Waals surface area contributed by atoms with E-state index in [-0.39, 0.29) is 22.3 Å². The first-order chi connectivity index (χ1) is 6.82. The van der Waals surface area contributed by atoms with E-state index in [1.54, 1.807) is 24.3 Å². The van der Waals surface area contributed by atoms with Crippen molar-refractivity contribution in [1.82, 2.24) is 0 Å². The molecule has 0 radical (unpaired) electrons. The van der Waals surface area contributed by atoms with Crippen LogP contribution >= 0.6 is 11.6 Å². The normalized spacial score (nSPS) is 13.6. The molecule has 0 aliphatic rings. The molecule has 1 N–H and O–H groups in total. The van der Waals surface area contributed by atoms with Gasteiger partial charge in [0.1, 0.15) is 5.75 Å². The van der Waals surface area contributed by atoms with Crippen molar-refractivity contribution in [3.8, 4) is 5.75 Å². The zero-order chi connectivity index (χ0) is 11.6. The van der Waals surface area contributed by atoms with Crippen molar-refractivity contribution in [3.05, 3.63) is 29.8 Å². The molecule has 0 aromatic heterocycles. The third-order valence-electron chi connectivity index (χ3n) is 2.32. The molecule has 0 bridgehead atoms. The van der Waals surface area contributed by atoms with E-state index in [2.05, 4.69) is 0 Å². The van der Waals surface area contributed by atoms with Crippen LogP contribution in [0.5, 0.6) is 5.75 Å². The Morgan fingerprint density at radius 1 is 1.27 bits per heavy atom. The van der Waals surface area contributed by atoms with Crippen LogP contribution in [0.4, 0.5) is 0 Å². The Kier molecular flexibility index (Phi) is 3.40. The van der Waals surface area contributed by atoms with Crippen molar-refractivity contribution in [2.45, 2.75) is 26.7 Å². The van der Waals surface area contributed by atoms with Crippen LogP contribution in [0.2, 0.25) is 0 Å². The van der Waals surface area contributed by atoms with Crippen molar-refractivity contribution in [3.63, 3.8) is 0 Å². The van der Waals surface area contributed by atoms with Gasteiger partial charge in [-0.2, -0.15) is 0 Å². The van der Waals surface area contributed by atoms with Gasteiger partial charge in [-0.05, 0) is 34.7 Å². The fraction of sp³-hybridized carbons (Fsp3) is 0.417. The van der Waals surface area contributed by atoms with Crippen LogP contribution in [0, 0.1) is 5.41 Å². The van der Waals surface area contributed by atoms with E-state index in [0.29, 0.717) is 0 Å². The van der Waals surface area contributed by atoms with E-state index in [0.717, 1.165) is 5.56 Å². The molecule has 3 heteroatoms. The van der Waals surface area contributed by atoms with Gasteiger partial charge in [0.2, 0.25) is 5.24 Å². The molecule has 15 heavy (non-hydrogen) atoms. The number of hydrogen-bond donors (Lipinski definition) is 1. The Balaban J connectivity index is 3.11. The minimum Gasteiger partial charge on any atom is -0.508 e. The third kappa shape index (κ3) is 2.96. The van der Waals surface area contributed by atoms with Crippen molar-refractivity contribution in [2.75, 3.05) is 0 Å². The number of carbonyl (C=O) groups excluding carboxylic acids is 1. The minimum atomic E-state index is -0.367. The second-order valence-electron chi connectivity index (χ2n) is 4.69. The third-order valence-corrected chi connectivity index (χ3v) is 2.54. The van der Waals surface area contributed by atoms with E-state index in [9.17, 15) is 4.79 Å². The van der Waals surface area contributed by atoms with E-state index in [1.165, 1.54) is 0 Å². The topological polar surface area (TPSA) is 37.3 Å². The summed E-state index contributed by atoms with van der Waals surface area (Å²) in [6.07, 6.45) is 0. The summed E-state index contributed by atoms with van der Waals surface area (Å²) in [6.45, 7) is 5.89. The molecule has 82 valence electrons. The Labute approximate surface area is 94.9 Å². The molecule has 2 nitrogen and oxygen atoms in total. The zero-order valence-corrected chi connectivity index (χ0v) is 9.88. The average Bonchev–Trinajstić information content (AvgIpc) is 2.05. The van der Waals surface area contributed by atoms with Crippen LogP contribution in [0.25, 0.3) is 0 Å². The zero-order valence-electron chi connectivity index (χ0n) is 9.12. The predicted molar refractivity (Wildman–Crippen MR) is 61.2 cm³/mol. The maximum atomic E-state index is 11.4. The van der Waals surface area contributed by atoms with Crippen LogP contribution < -0.4 is 0 Å². The van der Waals surface area contributed by atoms with Gasteiger partial charge in [-0.25, -0.2) is 0 Å². The highest BCUT2D eigenvalue weighted by Gasteiger charge is 2.31. The quantitative estimate of drug-likeness (QED) is 0.786. The largest absolute Gasteiger partial charge is 0.508 e. The lowest BCUT2D eigenvalue weighted by Crippen LogP contribution is -2.23. The smallest absolute Gasteiger partial charge is 0.229 e. The molecule has 0 aliphatic carbocycles. The summed E-state index contributed by atoms with van der Waals surface area (Å²) in [6, 6.07) is 6.58. The number of carbonyl (C=O) groups is 1. The second kappa shape index (κ2) is 4.23. The highest BCUT2D eigenvalue weighted by molar-refractivity contribution is 6.64. The van der Waals surface area contributed by atoms with Gasteiger partial charge in [0.05, 0.1) is 5.92 Å². The number of rotatable bonds is 2. The summed E-state index contributed by atoms with van der Waals surface area (Å²) < 4.78 is 0. The van der Waals surface area contributed by atoms with E-state index in [4.69, 9.17) is 16.7 Å². The van der Waals surface area contributed by atoms with Gasteiger partial charge in [0, 0.05) is 0 Å². The molecule has 0 amide bonds. The van der Waals surface area contributed by atoms with Gasteiger partial charge in [-0.1, -0.05) is 32.9 Å². The molecule has 1 aromatic carbocycles. The van der Waals surface area contributed by atoms with Crippen molar-refractivity contribution in [1.29, 1.82) is 0 Å². The fourth-order valence-corrected chi connectivity index (χ4v) is 2.09. The molecule has 1 atom stereocenters. The van der Waals surface area contributed by atoms with E-state index in [1.807, 2.05) is 20.8 Å². The van der Waals surface area contributed by atoms with Crippen LogP contribution in [-0.2, 0) is 4.79 Å². The molecule has 1 rings (SSSR count). The molecule has 0 spiro atoms. The van der Waals surface area contributed by atoms with Crippen LogP contribution in [0.3, 0.4) is 0 Å². The highest BCUT2D eigenvalue weighted by Crippen LogP contribution is 2.37. The van der Waals surface area contributed by atoms with Crippen molar-refractivity contribution >= 4 is 16.8 Å². The van der Waals surface area contributed by atoms with Crippen LogP contribution in [-0.4, -0.2) is 10.3 Å². The Morgan fingerprint density at radius 3 is 2.07 bits per heavy atom. The molecule has 0 saturated heterocycles. The SMILES string of the molecule is CC(C)(C)C(C(=O)Cl)c1ccc(O)cc1. The van der Waals surface area contributed by atoms with Gasteiger partial charge in [0.15, 0.2) is 0 Å². The molecular formula is C12H15ClO2. The monoisotopic (exact) mass is 226 g/mol. The number of halogens is 1. The molecule has 1 aromatic rings. The maximum absolute atomic E-state index is 11.4. The van der Waals surface area contributed by atoms with Gasteiger partial charge >= 0.3 is 0 Å². The molecule has 0 fully saturated rings. The summed E-state index contributed by atoms with van der Waals surface area (Å²) >= 11 is 5.60. The minimum absolute atomic E-state index is 0.188. The number of phenolic OH excluding ortho intramolecular Hbond substituents is 1. The summed E-state index contributed by atoms with van der Waals surface area (Å²) in [7, 11) is 0. The molecule has 1 unspecified atom stereocenters. The molecule has 0 saturated carbocycles. The van der Waals surface area contributed by atoms with E-state index >= 15 is 0 Å². The van der Waals surface area contributed by atoms with Gasteiger partial charge in [-0.3, -0.25) is 4.79 Å². The standard InChI is InChI=1S/C12H15ClO2/c1-12(2,3)10(11(13)15)8-4-6-9(14)7-5-8/h4-7,10,14H,1-3H3. The Morgan fingerprint density at radius 2 is 1.73 bits per heavy atom.